The van der Waals surface area contributed by atoms with Gasteiger partial charge in [0, 0.05) is 44.3 Å². The Morgan fingerprint density at radius 2 is 2.00 bits per heavy atom. The van der Waals surface area contributed by atoms with E-state index in [2.05, 4.69) is 34.8 Å². The number of nitrogens with zero attached hydrogens (tertiary/aromatic N) is 6. The van der Waals surface area contributed by atoms with Crippen molar-refractivity contribution in [1.29, 1.82) is 0 Å². The Balaban J connectivity index is 1.30. The third-order valence-corrected chi connectivity index (χ3v) is 6.38. The smallest absolute Gasteiger partial charge is 0.455 e. The molecule has 6 rings (SSSR count). The van der Waals surface area contributed by atoms with Gasteiger partial charge in [0.2, 0.25) is 11.7 Å². The van der Waals surface area contributed by atoms with Gasteiger partial charge in [0.15, 0.2) is 11.9 Å². The van der Waals surface area contributed by atoms with Crippen LogP contribution in [0.2, 0.25) is 0 Å². The van der Waals surface area contributed by atoms with Gasteiger partial charge in [-0.05, 0) is 30.3 Å². The van der Waals surface area contributed by atoms with E-state index in [1.807, 2.05) is 6.07 Å². The Morgan fingerprint density at radius 3 is 2.69 bits per heavy atom. The van der Waals surface area contributed by atoms with E-state index in [4.69, 9.17) is 9.26 Å². The number of aromatic amines is 1. The maximum atomic E-state index is 12.9. The summed E-state index contributed by atoms with van der Waals surface area (Å²) in [6, 6.07) is 12.1. The maximum Gasteiger partial charge on any atom is 0.490 e. The Hall–Kier alpha value is -5.34. The molecule has 0 aliphatic carbocycles. The topological polar surface area (TPSA) is 149 Å². The van der Waals surface area contributed by atoms with Gasteiger partial charge in [-0.2, -0.15) is 18.2 Å². The number of fused-ring (bicyclic) bond motifs is 1. The molecule has 15 heteroatoms. The number of H-pyrrole nitrogens is 1. The molecular formula is C27H20F3N7O5. The number of hydrogen-bond donors (Lipinski definition) is 1. The fraction of sp³-hybridized carbons (Fsp3) is 0.222. The maximum absolute atomic E-state index is 12.9. The van der Waals surface area contributed by atoms with Gasteiger partial charge in [0.25, 0.3) is 5.91 Å². The molecule has 1 atom stereocenters. The lowest BCUT2D eigenvalue weighted by atomic mass is 10.1. The number of halogens is 3. The molecule has 42 heavy (non-hydrogen) atoms. The Kier molecular flexibility index (Phi) is 6.76. The summed E-state index contributed by atoms with van der Waals surface area (Å²) in [6.07, 6.45) is -3.70. The summed E-state index contributed by atoms with van der Waals surface area (Å²) in [6.45, 7) is 1.71. The third kappa shape index (κ3) is 5.48. The molecule has 5 heterocycles. The van der Waals surface area contributed by atoms with Crippen LogP contribution in [0.25, 0.3) is 34.1 Å². The van der Waals surface area contributed by atoms with Crippen molar-refractivity contribution < 1.29 is 36.8 Å². The second kappa shape index (κ2) is 10.6. The quantitative estimate of drug-likeness (QED) is 0.275. The first-order valence-electron chi connectivity index (χ1n) is 12.6. The highest BCUT2D eigenvalue weighted by atomic mass is 19.4. The number of nitrogens with one attached hydrogen (secondary N) is 1. The number of likely N-dealkylation sites (tertiary alicyclic amines) is 1. The number of rotatable bonds is 7. The van der Waals surface area contributed by atoms with Crippen molar-refractivity contribution in [3.05, 3.63) is 66.3 Å². The molecule has 1 fully saturated rings. The number of aromatic nitrogens is 6. The number of amides is 1. The van der Waals surface area contributed by atoms with Crippen LogP contribution in [0.5, 0.6) is 11.5 Å². The molecule has 1 aliphatic heterocycles. The number of ether oxygens (including phenoxy) is 2. The SMILES string of the molecule is Cc1nc(-c2ccc(Oc3cc4nc(-c5ccccn5)[nH]c4cc3CN3CCC(OC(=O)C(F)(F)F)C3=O)cn2)no1. The predicted molar refractivity (Wildman–Crippen MR) is 138 cm³/mol. The lowest BCUT2D eigenvalue weighted by Gasteiger charge is -2.19. The van der Waals surface area contributed by atoms with Crippen LogP contribution in [0.3, 0.4) is 0 Å². The molecule has 1 saturated heterocycles. The van der Waals surface area contributed by atoms with Crippen LogP contribution in [-0.4, -0.2) is 65.7 Å². The van der Waals surface area contributed by atoms with Crippen molar-refractivity contribution in [3.63, 3.8) is 0 Å². The molecule has 1 amide bonds. The van der Waals surface area contributed by atoms with Crippen LogP contribution in [0, 0.1) is 6.92 Å². The summed E-state index contributed by atoms with van der Waals surface area (Å²) >= 11 is 0. The molecule has 0 radical (unpaired) electrons. The zero-order valence-electron chi connectivity index (χ0n) is 21.8. The molecule has 1 aromatic carbocycles. The fourth-order valence-corrected chi connectivity index (χ4v) is 4.41. The Labute approximate surface area is 234 Å². The highest BCUT2D eigenvalue weighted by molar-refractivity contribution is 5.87. The van der Waals surface area contributed by atoms with Crippen LogP contribution < -0.4 is 4.74 Å². The molecule has 5 aromatic rings. The van der Waals surface area contributed by atoms with Crippen molar-refractivity contribution in [2.24, 2.45) is 0 Å². The standard InChI is InChI=1S/C27H20F3N7O5/c1-14-33-24(36-42-14)18-6-5-16(12-32-18)40-22-11-20-19(34-23(35-20)17-4-2-3-8-31-17)10-15(22)13-37-9-7-21(25(37)38)41-26(39)27(28,29)30/h2-6,8,10-12,21H,7,9,13H2,1H3,(H,34,35). The van der Waals surface area contributed by atoms with Crippen LogP contribution >= 0.6 is 0 Å². The van der Waals surface area contributed by atoms with E-state index >= 15 is 0 Å². The number of hydrogen-bond acceptors (Lipinski definition) is 10. The summed E-state index contributed by atoms with van der Waals surface area (Å²) < 4.78 is 53.6. The monoisotopic (exact) mass is 579 g/mol. The minimum atomic E-state index is -5.20. The van der Waals surface area contributed by atoms with Crippen molar-refractivity contribution in [3.8, 4) is 34.5 Å². The van der Waals surface area contributed by atoms with Crippen LogP contribution in [0.4, 0.5) is 13.2 Å². The van der Waals surface area contributed by atoms with E-state index in [0.29, 0.717) is 57.0 Å². The molecule has 4 aromatic heterocycles. The largest absolute Gasteiger partial charge is 0.490 e. The van der Waals surface area contributed by atoms with E-state index in [1.165, 1.54) is 11.1 Å². The van der Waals surface area contributed by atoms with Crippen molar-refractivity contribution >= 4 is 22.9 Å². The number of alkyl halides is 3. The lowest BCUT2D eigenvalue weighted by molar-refractivity contribution is -0.204. The van der Waals surface area contributed by atoms with E-state index in [-0.39, 0.29) is 19.5 Å². The average Bonchev–Trinajstić information content (AvgIpc) is 3.68. The van der Waals surface area contributed by atoms with Crippen LogP contribution in [0.15, 0.2) is 59.4 Å². The minimum absolute atomic E-state index is 0.0320. The molecule has 1 aliphatic rings. The van der Waals surface area contributed by atoms with Gasteiger partial charge < -0.3 is 23.9 Å². The predicted octanol–water partition coefficient (Wildman–Crippen LogP) is 4.38. The van der Waals surface area contributed by atoms with E-state index in [0.717, 1.165) is 0 Å². The van der Waals surface area contributed by atoms with Crippen LogP contribution in [-0.2, 0) is 20.9 Å². The van der Waals surface area contributed by atoms with E-state index in [1.54, 1.807) is 49.5 Å². The molecular weight excluding hydrogens is 559 g/mol. The summed E-state index contributed by atoms with van der Waals surface area (Å²) in [5.41, 5.74) is 2.76. The van der Waals surface area contributed by atoms with Crippen molar-refractivity contribution in [1.82, 2.24) is 35.0 Å². The molecule has 1 N–H and O–H groups in total. The zero-order valence-corrected chi connectivity index (χ0v) is 21.8. The van der Waals surface area contributed by atoms with Gasteiger partial charge in [0.1, 0.15) is 22.9 Å². The second-order valence-electron chi connectivity index (χ2n) is 9.34. The Morgan fingerprint density at radius 1 is 1.14 bits per heavy atom. The highest BCUT2D eigenvalue weighted by Crippen LogP contribution is 2.33. The molecule has 0 saturated carbocycles. The Bertz CT molecular complexity index is 1770. The molecule has 0 bridgehead atoms. The first-order chi connectivity index (χ1) is 20.1. The van der Waals surface area contributed by atoms with Gasteiger partial charge in [-0.25, -0.2) is 14.8 Å². The number of esters is 1. The zero-order chi connectivity index (χ0) is 29.4. The van der Waals surface area contributed by atoms with Crippen molar-refractivity contribution in [2.45, 2.75) is 32.2 Å². The average molecular weight is 579 g/mol. The number of pyridine rings is 2. The summed E-state index contributed by atoms with van der Waals surface area (Å²) in [5, 5.41) is 3.84. The number of aryl methyl sites for hydroxylation is 1. The second-order valence-corrected chi connectivity index (χ2v) is 9.34. The molecule has 214 valence electrons. The molecule has 0 spiro atoms. The lowest BCUT2D eigenvalue weighted by Crippen LogP contribution is -2.35. The molecule has 1 unspecified atom stereocenters. The fourth-order valence-electron chi connectivity index (χ4n) is 4.41. The summed E-state index contributed by atoms with van der Waals surface area (Å²) in [4.78, 5) is 46.0. The van der Waals surface area contributed by atoms with Gasteiger partial charge in [-0.3, -0.25) is 9.78 Å². The number of benzene rings is 1. The van der Waals surface area contributed by atoms with Gasteiger partial charge in [0.05, 0.1) is 17.2 Å². The first kappa shape index (κ1) is 26.9. The van der Waals surface area contributed by atoms with Gasteiger partial charge >= 0.3 is 12.1 Å². The summed E-state index contributed by atoms with van der Waals surface area (Å²) in [5.74, 6) is -1.25. The first-order valence-corrected chi connectivity index (χ1v) is 12.6. The van der Waals surface area contributed by atoms with Gasteiger partial charge in [-0.1, -0.05) is 11.2 Å². The third-order valence-electron chi connectivity index (χ3n) is 6.38. The van der Waals surface area contributed by atoms with Gasteiger partial charge in [-0.15, -0.1) is 0 Å². The number of imidazole rings is 1. The number of carbonyl (C=O) groups excluding carboxylic acids is 2. The van der Waals surface area contributed by atoms with E-state index in [9.17, 15) is 22.8 Å². The molecule has 12 nitrogen and oxygen atoms in total. The van der Waals surface area contributed by atoms with Crippen molar-refractivity contribution in [2.75, 3.05) is 6.54 Å². The highest BCUT2D eigenvalue weighted by Gasteiger charge is 2.45. The van der Waals surface area contributed by atoms with Crippen LogP contribution in [0.1, 0.15) is 17.9 Å². The van der Waals surface area contributed by atoms with E-state index < -0.39 is 24.2 Å². The summed E-state index contributed by atoms with van der Waals surface area (Å²) in [7, 11) is 0. The normalized spacial score (nSPS) is 15.4. The number of carbonyl (C=O) groups is 2. The minimum Gasteiger partial charge on any atom is -0.455 e.